The molecule has 0 spiro atoms. The molecule has 15 heteroatoms. The molecule has 2 heterocycles. The Morgan fingerprint density at radius 2 is 1.16 bits per heavy atom. The molecule has 0 saturated heterocycles. The van der Waals surface area contributed by atoms with Gasteiger partial charge in [0.15, 0.2) is 0 Å². The molecule has 0 aliphatic rings. The fourth-order valence-corrected chi connectivity index (χ4v) is 8.30. The lowest BCUT2D eigenvalue weighted by Gasteiger charge is -2.11. The number of ether oxygens (including phenoxy) is 2. The number of benzene rings is 5. The summed E-state index contributed by atoms with van der Waals surface area (Å²) in [4.78, 5) is 33.1. The molecule has 7 aromatic rings. The molecule has 7 nitrogen and oxygen atoms in total. The number of hydrogen-bond donors (Lipinski definition) is 1. The number of methoxy groups -OCH3 is 1. The fraction of sp³-hybridized carbons (Fsp3) is 0.0732. The highest BCUT2D eigenvalue weighted by atomic mass is 79.9. The molecule has 1 N–H and O–H groups in total. The number of carbonyl (C=O) groups excluding carboxylic acids is 1. The Labute approximate surface area is 363 Å². The maximum Gasteiger partial charge on any atom is 0.339 e. The Morgan fingerprint density at radius 1 is 0.643 bits per heavy atom. The van der Waals surface area contributed by atoms with E-state index in [9.17, 15) is 14.7 Å². The predicted octanol–water partition coefficient (Wildman–Crippen LogP) is 14.5. The van der Waals surface area contributed by atoms with Crippen LogP contribution in [0.15, 0.2) is 106 Å². The van der Waals surface area contributed by atoms with Crippen molar-refractivity contribution in [3.63, 3.8) is 0 Å². The molecule has 0 radical (unpaired) electrons. The summed E-state index contributed by atoms with van der Waals surface area (Å²) in [5, 5.41) is 17.5. The second kappa shape index (κ2) is 18.5. The molecular formula is C41H26BrCl5N2O5S2. The van der Waals surface area contributed by atoms with Crippen LogP contribution in [-0.4, -0.2) is 40.7 Å². The Hall–Kier alpha value is -3.97. The number of esters is 1. The second-order valence-corrected chi connectivity index (χ2v) is 16.3. The van der Waals surface area contributed by atoms with Gasteiger partial charge in [0.1, 0.15) is 15.8 Å². The number of nitrogens with zero attached hydrogens (tertiary/aromatic N) is 2. The van der Waals surface area contributed by atoms with E-state index in [1.54, 1.807) is 60.7 Å². The molecular weight excluding hydrogens is 922 g/mol. The topological polar surface area (TPSA) is 98.6 Å². The van der Waals surface area contributed by atoms with Crippen LogP contribution in [0.1, 0.15) is 27.6 Å². The minimum absolute atomic E-state index is 0.139. The highest BCUT2D eigenvalue weighted by molar-refractivity contribution is 9.10. The molecule has 0 fully saturated rings. The van der Waals surface area contributed by atoms with Gasteiger partial charge in [-0.1, -0.05) is 88.3 Å². The Morgan fingerprint density at radius 3 is 1.66 bits per heavy atom. The minimum atomic E-state index is -1.05. The van der Waals surface area contributed by atoms with E-state index in [1.807, 2.05) is 48.0 Å². The summed E-state index contributed by atoms with van der Waals surface area (Å²) in [5.41, 5.74) is 6.54. The van der Waals surface area contributed by atoms with Crippen LogP contribution in [0.3, 0.4) is 0 Å². The highest BCUT2D eigenvalue weighted by Crippen LogP contribution is 2.38. The summed E-state index contributed by atoms with van der Waals surface area (Å²) in [5.74, 6) is -0.814. The van der Waals surface area contributed by atoms with Crippen LogP contribution in [0.2, 0.25) is 25.1 Å². The number of rotatable bonds is 9. The van der Waals surface area contributed by atoms with Crippen LogP contribution < -0.4 is 4.74 Å². The Kier molecular flexibility index (Phi) is 13.8. The van der Waals surface area contributed by atoms with E-state index in [-0.39, 0.29) is 5.56 Å². The average Bonchev–Trinajstić information content (AvgIpc) is 3.89. The zero-order valence-corrected chi connectivity index (χ0v) is 36.1. The normalized spacial score (nSPS) is 10.8. The van der Waals surface area contributed by atoms with E-state index in [0.717, 1.165) is 33.1 Å². The van der Waals surface area contributed by atoms with E-state index in [4.69, 9.17) is 67.5 Å². The minimum Gasteiger partial charge on any atom is -0.494 e. The molecule has 0 bridgehead atoms. The van der Waals surface area contributed by atoms with Crippen LogP contribution in [0.25, 0.3) is 54.8 Å². The zero-order valence-electron chi connectivity index (χ0n) is 29.1. The van der Waals surface area contributed by atoms with Crippen molar-refractivity contribution < 1.29 is 24.2 Å². The van der Waals surface area contributed by atoms with Crippen molar-refractivity contribution in [3.8, 4) is 60.5 Å². The first-order chi connectivity index (χ1) is 26.9. The second-order valence-electron chi connectivity index (χ2n) is 11.7. The van der Waals surface area contributed by atoms with Crippen LogP contribution in [0.5, 0.6) is 5.75 Å². The van der Waals surface area contributed by atoms with Crippen molar-refractivity contribution in [1.29, 1.82) is 0 Å². The quantitative estimate of drug-likeness (QED) is 0.144. The molecule has 284 valence electrons. The van der Waals surface area contributed by atoms with Gasteiger partial charge in [-0.3, -0.25) is 0 Å². The fourth-order valence-electron chi connectivity index (χ4n) is 5.37. The standard InChI is InChI=1S/C24H16Cl3NO3S.C17H10BrCl2NO2S/c1-2-31-15-5-7-17(20(26)11-15)16-6-3-14(9-18(16)24(29)30)23-28-22(12-32-23)13-4-8-19(25)21(27)10-13;1-23-17(22)11-6-10(2-4-12(11)18)16-21-15(8-24-16)9-3-5-13(19)14(20)7-9/h3-12H,2H2,1H3,(H,29,30);2-8H,1H3. The largest absolute Gasteiger partial charge is 0.494 e. The zero-order chi connectivity index (χ0) is 40.1. The Balaban J connectivity index is 0.000000198. The molecule has 2 aromatic heterocycles. The summed E-state index contributed by atoms with van der Waals surface area (Å²) >= 11 is 36.8. The van der Waals surface area contributed by atoms with Crippen LogP contribution in [-0.2, 0) is 4.74 Å². The number of hydrogen-bond acceptors (Lipinski definition) is 8. The summed E-state index contributed by atoms with van der Waals surface area (Å²) < 4.78 is 10.9. The van der Waals surface area contributed by atoms with Gasteiger partial charge in [0.05, 0.1) is 61.3 Å². The molecule has 0 atom stereocenters. The summed E-state index contributed by atoms with van der Waals surface area (Å²) in [6.07, 6.45) is 0. The first-order valence-electron chi connectivity index (χ1n) is 16.4. The number of halogens is 6. The van der Waals surface area contributed by atoms with Gasteiger partial charge in [-0.2, -0.15) is 0 Å². The monoisotopic (exact) mass is 944 g/mol. The maximum absolute atomic E-state index is 12.0. The summed E-state index contributed by atoms with van der Waals surface area (Å²) in [6, 6.07) is 26.6. The first-order valence-corrected chi connectivity index (χ1v) is 20.8. The van der Waals surface area contributed by atoms with Gasteiger partial charge >= 0.3 is 11.9 Å². The van der Waals surface area contributed by atoms with Crippen molar-refractivity contribution in [2.24, 2.45) is 0 Å². The van der Waals surface area contributed by atoms with E-state index in [2.05, 4.69) is 25.9 Å². The lowest BCUT2D eigenvalue weighted by molar-refractivity contribution is 0.0598. The van der Waals surface area contributed by atoms with Crippen LogP contribution >= 0.6 is 96.6 Å². The number of aromatic carboxylic acids is 1. The third-order valence-electron chi connectivity index (χ3n) is 8.10. The molecule has 0 aliphatic heterocycles. The van der Waals surface area contributed by atoms with Crippen molar-refractivity contribution in [2.45, 2.75) is 6.92 Å². The van der Waals surface area contributed by atoms with E-state index >= 15 is 0 Å². The molecule has 0 amide bonds. The van der Waals surface area contributed by atoms with Crippen molar-refractivity contribution in [3.05, 3.63) is 142 Å². The third-order valence-corrected chi connectivity index (χ3v) is 12.4. The van der Waals surface area contributed by atoms with Crippen LogP contribution in [0.4, 0.5) is 0 Å². The number of carbonyl (C=O) groups is 2. The van der Waals surface area contributed by atoms with Gasteiger partial charge < -0.3 is 14.6 Å². The summed E-state index contributed by atoms with van der Waals surface area (Å²) in [7, 11) is 1.35. The SMILES string of the molecule is CCOc1ccc(-c2ccc(-c3nc(-c4ccc(Cl)c(Cl)c4)cs3)cc2C(=O)O)c(Cl)c1.COC(=O)c1cc(-c2nc(-c3ccc(Cl)c(Cl)c3)cs2)ccc1Br. The molecule has 5 aromatic carbocycles. The van der Waals surface area contributed by atoms with Gasteiger partial charge in [-0.25, -0.2) is 19.6 Å². The average molecular weight is 948 g/mol. The van der Waals surface area contributed by atoms with Crippen molar-refractivity contribution >= 4 is 109 Å². The smallest absolute Gasteiger partial charge is 0.339 e. The predicted molar refractivity (Wildman–Crippen MR) is 234 cm³/mol. The molecule has 0 saturated carbocycles. The van der Waals surface area contributed by atoms with E-state index in [1.165, 1.54) is 29.8 Å². The van der Waals surface area contributed by atoms with Gasteiger partial charge in [0.25, 0.3) is 0 Å². The van der Waals surface area contributed by atoms with Gasteiger partial charge in [0, 0.05) is 43.1 Å². The first kappa shape index (κ1) is 41.7. The maximum atomic E-state index is 12.0. The van der Waals surface area contributed by atoms with E-state index < -0.39 is 11.9 Å². The van der Waals surface area contributed by atoms with Gasteiger partial charge in [-0.15, -0.1) is 22.7 Å². The highest BCUT2D eigenvalue weighted by Gasteiger charge is 2.18. The van der Waals surface area contributed by atoms with Crippen LogP contribution in [0, 0.1) is 0 Å². The Bertz CT molecular complexity index is 2600. The van der Waals surface area contributed by atoms with Crippen molar-refractivity contribution in [1.82, 2.24) is 9.97 Å². The molecule has 0 unspecified atom stereocenters. The third kappa shape index (κ3) is 9.58. The molecule has 56 heavy (non-hydrogen) atoms. The summed E-state index contributed by atoms with van der Waals surface area (Å²) in [6.45, 7) is 2.40. The van der Waals surface area contributed by atoms with Crippen molar-refractivity contribution in [2.75, 3.05) is 13.7 Å². The van der Waals surface area contributed by atoms with Gasteiger partial charge in [0.2, 0.25) is 0 Å². The number of carboxylic acids is 1. The molecule has 0 aliphatic carbocycles. The number of aromatic nitrogens is 2. The van der Waals surface area contributed by atoms with E-state index in [0.29, 0.717) is 69.2 Å². The molecule has 7 rings (SSSR count). The lowest BCUT2D eigenvalue weighted by atomic mass is 9.97. The number of carboxylic acid groups (broad SMARTS) is 1. The lowest BCUT2D eigenvalue weighted by Crippen LogP contribution is -2.02. The van der Waals surface area contributed by atoms with Gasteiger partial charge in [-0.05, 0) is 89.1 Å². The number of thiazole rings is 2.